The van der Waals surface area contributed by atoms with Gasteiger partial charge in [0.25, 0.3) is 0 Å². The second-order valence-electron chi connectivity index (χ2n) is 7.48. The number of urea groups is 1. The Morgan fingerprint density at radius 3 is 2.26 bits per heavy atom. The zero-order valence-corrected chi connectivity index (χ0v) is 19.0. The second-order valence-corrected chi connectivity index (χ2v) is 7.48. The van der Waals surface area contributed by atoms with Gasteiger partial charge in [0.15, 0.2) is 0 Å². The minimum atomic E-state index is -0.700. The first-order valence-corrected chi connectivity index (χ1v) is 10.6. The number of methoxy groups -OCH3 is 1. The number of ether oxygens (including phenoxy) is 1. The third-order valence-corrected chi connectivity index (χ3v) is 5.49. The number of aromatic hydroxyl groups is 1. The molecule has 8 heteroatoms. The molecule has 0 fully saturated rings. The average Bonchev–Trinajstić information content (AvgIpc) is 3.18. The number of amides is 2. The molecule has 0 spiro atoms. The number of anilines is 1. The van der Waals surface area contributed by atoms with Crippen LogP contribution in [0.25, 0.3) is 10.9 Å². The zero-order valence-electron chi connectivity index (χ0n) is 19.0. The first-order valence-electron chi connectivity index (χ1n) is 10.6. The molecule has 2 N–H and O–H groups in total. The largest absolute Gasteiger partial charge is 0.494 e. The average molecular weight is 457 g/mol. The van der Waals surface area contributed by atoms with Gasteiger partial charge in [0.05, 0.1) is 29.6 Å². The van der Waals surface area contributed by atoms with Crippen LogP contribution >= 0.6 is 0 Å². The highest BCUT2D eigenvalue weighted by atomic mass is 16.5. The van der Waals surface area contributed by atoms with Gasteiger partial charge in [0.1, 0.15) is 0 Å². The number of hydrogen-bond donors (Lipinski definition) is 2. The topological polar surface area (TPSA) is 96.2 Å². The van der Waals surface area contributed by atoms with Crippen molar-refractivity contribution in [3.05, 3.63) is 90.0 Å². The number of benzene rings is 3. The van der Waals surface area contributed by atoms with E-state index in [0.717, 1.165) is 10.1 Å². The first kappa shape index (κ1) is 22.6. The Labute approximate surface area is 196 Å². The number of para-hydroxylation sites is 1. The molecule has 0 radical (unpaired) electrons. The highest BCUT2D eigenvalue weighted by Gasteiger charge is 2.25. The van der Waals surface area contributed by atoms with Crippen LogP contribution in [0, 0.1) is 0 Å². The third kappa shape index (κ3) is 4.09. The molecular weight excluding hydrogens is 432 g/mol. The van der Waals surface area contributed by atoms with Crippen molar-refractivity contribution >= 4 is 40.1 Å². The van der Waals surface area contributed by atoms with Gasteiger partial charge in [0.2, 0.25) is 5.88 Å². The number of fused-ring (bicyclic) bond motifs is 1. The molecule has 0 aliphatic heterocycles. The number of rotatable bonds is 4. The number of aromatic nitrogens is 1. The van der Waals surface area contributed by atoms with Crippen LogP contribution in [-0.4, -0.2) is 48.7 Å². The molecule has 34 heavy (non-hydrogen) atoms. The van der Waals surface area contributed by atoms with E-state index in [1.54, 1.807) is 50.5 Å². The van der Waals surface area contributed by atoms with Crippen LogP contribution in [0.5, 0.6) is 5.88 Å². The molecule has 8 nitrogen and oxygen atoms in total. The zero-order chi connectivity index (χ0) is 24.2. The molecule has 2 amide bonds. The van der Waals surface area contributed by atoms with Gasteiger partial charge in [-0.3, -0.25) is 4.90 Å². The Hall–Kier alpha value is -4.59. The Bertz CT molecular complexity index is 1380. The van der Waals surface area contributed by atoms with Crippen molar-refractivity contribution in [1.29, 1.82) is 0 Å². The minimum absolute atomic E-state index is 0.234. The Morgan fingerprint density at radius 1 is 0.971 bits per heavy atom. The van der Waals surface area contributed by atoms with E-state index in [1.807, 2.05) is 42.5 Å². The van der Waals surface area contributed by atoms with Gasteiger partial charge in [-0.1, -0.05) is 48.5 Å². The van der Waals surface area contributed by atoms with E-state index in [0.29, 0.717) is 33.6 Å². The van der Waals surface area contributed by atoms with E-state index in [-0.39, 0.29) is 11.9 Å². The standard InChI is InChI=1S/C26H24N4O4/c1-27-25(32)29(2)19-15-13-18(14-16-19)28-23(17-9-5-4-6-10-17)22-20-11-7-8-12-21(20)30(24(22)31)26(33)34-3/h4-16,31H,1-3H3,(H,27,32). The number of nitrogens with zero attached hydrogens (tertiary/aromatic N) is 3. The number of hydrogen-bond acceptors (Lipinski definition) is 5. The lowest BCUT2D eigenvalue weighted by Gasteiger charge is -2.16. The molecule has 172 valence electrons. The SMILES string of the molecule is CNC(=O)N(C)c1ccc(N=C(c2ccccc2)c2c(O)n(C(=O)OC)c3ccccc23)cc1. The summed E-state index contributed by atoms with van der Waals surface area (Å²) in [6.07, 6.45) is -0.700. The van der Waals surface area contributed by atoms with Crippen molar-refractivity contribution in [2.75, 3.05) is 26.1 Å². The molecule has 4 aromatic rings. The van der Waals surface area contributed by atoms with Crippen LogP contribution in [0.1, 0.15) is 11.1 Å². The molecule has 3 aromatic carbocycles. The quantitative estimate of drug-likeness (QED) is 0.427. The van der Waals surface area contributed by atoms with E-state index in [9.17, 15) is 14.7 Å². The van der Waals surface area contributed by atoms with Crippen LogP contribution in [0.15, 0.2) is 83.9 Å². The molecule has 0 unspecified atom stereocenters. The van der Waals surface area contributed by atoms with Gasteiger partial charge in [-0.25, -0.2) is 19.1 Å². The third-order valence-electron chi connectivity index (χ3n) is 5.49. The maximum atomic E-state index is 12.5. The molecule has 0 saturated heterocycles. The molecule has 0 aliphatic rings. The summed E-state index contributed by atoms with van der Waals surface area (Å²) >= 11 is 0. The monoisotopic (exact) mass is 456 g/mol. The predicted molar refractivity (Wildman–Crippen MR) is 132 cm³/mol. The van der Waals surface area contributed by atoms with Crippen molar-refractivity contribution < 1.29 is 19.4 Å². The van der Waals surface area contributed by atoms with Crippen LogP contribution in [0.3, 0.4) is 0 Å². The van der Waals surface area contributed by atoms with Crippen LogP contribution in [0.2, 0.25) is 0 Å². The van der Waals surface area contributed by atoms with Crippen molar-refractivity contribution in [1.82, 2.24) is 9.88 Å². The molecule has 0 aliphatic carbocycles. The Kier molecular flexibility index (Phi) is 6.31. The van der Waals surface area contributed by atoms with E-state index >= 15 is 0 Å². The molecule has 0 bridgehead atoms. The predicted octanol–water partition coefficient (Wildman–Crippen LogP) is 4.91. The fourth-order valence-electron chi connectivity index (χ4n) is 3.76. The van der Waals surface area contributed by atoms with Crippen LogP contribution in [-0.2, 0) is 4.74 Å². The van der Waals surface area contributed by atoms with Gasteiger partial charge in [-0.05, 0) is 30.3 Å². The molecule has 0 atom stereocenters. The summed E-state index contributed by atoms with van der Waals surface area (Å²) in [4.78, 5) is 30.7. The van der Waals surface area contributed by atoms with Gasteiger partial charge in [-0.2, -0.15) is 0 Å². The van der Waals surface area contributed by atoms with E-state index < -0.39 is 6.09 Å². The Morgan fingerprint density at radius 2 is 1.62 bits per heavy atom. The van der Waals surface area contributed by atoms with Gasteiger partial charge in [-0.15, -0.1) is 0 Å². The molecular formula is C26H24N4O4. The van der Waals surface area contributed by atoms with Gasteiger partial charge < -0.3 is 15.2 Å². The number of carbonyl (C=O) groups excluding carboxylic acids is 2. The highest BCUT2D eigenvalue weighted by molar-refractivity contribution is 6.23. The molecule has 4 rings (SSSR count). The van der Waals surface area contributed by atoms with E-state index in [4.69, 9.17) is 9.73 Å². The van der Waals surface area contributed by atoms with Crippen LogP contribution < -0.4 is 10.2 Å². The minimum Gasteiger partial charge on any atom is -0.494 e. The van der Waals surface area contributed by atoms with Crippen molar-refractivity contribution in [3.8, 4) is 5.88 Å². The van der Waals surface area contributed by atoms with Crippen LogP contribution in [0.4, 0.5) is 21.0 Å². The van der Waals surface area contributed by atoms with Crippen molar-refractivity contribution in [3.63, 3.8) is 0 Å². The molecule has 0 saturated carbocycles. The second kappa shape index (κ2) is 9.50. The van der Waals surface area contributed by atoms with Crippen molar-refractivity contribution in [2.24, 2.45) is 4.99 Å². The number of aliphatic imine (C=N–C) groups is 1. The van der Waals surface area contributed by atoms with Gasteiger partial charge in [0, 0.05) is 30.7 Å². The summed E-state index contributed by atoms with van der Waals surface area (Å²) in [7, 11) is 4.51. The smallest absolute Gasteiger partial charge is 0.421 e. The molecule has 1 aromatic heterocycles. The fraction of sp³-hybridized carbons (Fsp3) is 0.115. The maximum absolute atomic E-state index is 12.5. The number of nitrogens with one attached hydrogen (secondary N) is 1. The number of carbonyl (C=O) groups is 2. The maximum Gasteiger partial charge on any atom is 0.421 e. The molecule has 1 heterocycles. The van der Waals surface area contributed by atoms with Crippen molar-refractivity contribution in [2.45, 2.75) is 0 Å². The van der Waals surface area contributed by atoms with E-state index in [2.05, 4.69) is 5.32 Å². The first-order chi connectivity index (χ1) is 16.5. The summed E-state index contributed by atoms with van der Waals surface area (Å²) in [6.45, 7) is 0. The lowest BCUT2D eigenvalue weighted by molar-refractivity contribution is 0.171. The summed E-state index contributed by atoms with van der Waals surface area (Å²) in [5.74, 6) is -0.258. The summed E-state index contributed by atoms with van der Waals surface area (Å²) in [5, 5.41) is 14.4. The van der Waals surface area contributed by atoms with E-state index in [1.165, 1.54) is 12.0 Å². The summed E-state index contributed by atoms with van der Waals surface area (Å²) in [5.41, 5.74) is 3.49. The highest BCUT2D eigenvalue weighted by Crippen LogP contribution is 2.35. The van der Waals surface area contributed by atoms with Gasteiger partial charge >= 0.3 is 12.1 Å². The summed E-state index contributed by atoms with van der Waals surface area (Å²) < 4.78 is 6.02. The lowest BCUT2D eigenvalue weighted by Crippen LogP contribution is -2.34. The Balaban J connectivity index is 1.91. The fourth-order valence-corrected chi connectivity index (χ4v) is 3.76. The normalized spacial score (nSPS) is 11.3. The lowest BCUT2D eigenvalue weighted by atomic mass is 10.0. The summed E-state index contributed by atoms with van der Waals surface area (Å²) in [6, 6.07) is 23.5.